The third-order valence-electron chi connectivity index (χ3n) is 3.20. The third-order valence-corrected chi connectivity index (χ3v) is 3.20. The van der Waals surface area contributed by atoms with E-state index in [0.717, 1.165) is 7.05 Å². The number of carbonyl (C=O) groups excluding carboxylic acids is 2. The first-order chi connectivity index (χ1) is 11.1. The molecule has 2 aromatic heterocycles. The molecule has 8 nitrogen and oxygen atoms in total. The van der Waals surface area contributed by atoms with E-state index in [4.69, 9.17) is 0 Å². The van der Waals surface area contributed by atoms with Gasteiger partial charge in [0.15, 0.2) is 11.5 Å². The molecular weight excluding hydrogens is 329 g/mol. The monoisotopic (exact) mass is 344 g/mol. The number of likely N-dealkylation sites (N-methyl/N-ethyl adjacent to an activating group) is 1. The highest BCUT2D eigenvalue weighted by molar-refractivity contribution is 6.02. The van der Waals surface area contributed by atoms with Crippen LogP contribution in [-0.2, 0) is 24.6 Å². The van der Waals surface area contributed by atoms with Crippen molar-refractivity contribution in [2.24, 2.45) is 7.05 Å². The van der Waals surface area contributed by atoms with Gasteiger partial charge in [0.2, 0.25) is 5.91 Å². The first-order valence-corrected chi connectivity index (χ1v) is 6.79. The molecule has 0 saturated carbocycles. The Balaban J connectivity index is 2.16. The van der Waals surface area contributed by atoms with Crippen LogP contribution in [0.5, 0.6) is 0 Å². The summed E-state index contributed by atoms with van der Waals surface area (Å²) in [6.07, 6.45) is -4.61. The van der Waals surface area contributed by atoms with Crippen molar-refractivity contribution in [3.63, 3.8) is 0 Å². The van der Waals surface area contributed by atoms with Crippen molar-refractivity contribution in [3.05, 3.63) is 29.2 Å². The lowest BCUT2D eigenvalue weighted by Gasteiger charge is -2.04. The van der Waals surface area contributed by atoms with Gasteiger partial charge in [0.1, 0.15) is 12.2 Å². The lowest BCUT2D eigenvalue weighted by Crippen LogP contribution is -2.24. The van der Waals surface area contributed by atoms with Crippen molar-refractivity contribution < 1.29 is 22.8 Å². The molecular formula is C13H15F3N6O2. The van der Waals surface area contributed by atoms with Gasteiger partial charge in [0.25, 0.3) is 5.91 Å². The Morgan fingerprint density at radius 3 is 2.46 bits per heavy atom. The highest BCUT2D eigenvalue weighted by atomic mass is 19.4. The minimum atomic E-state index is -4.61. The van der Waals surface area contributed by atoms with Crippen LogP contribution in [0.15, 0.2) is 12.1 Å². The molecule has 2 rings (SSSR count). The summed E-state index contributed by atoms with van der Waals surface area (Å²) in [5.74, 6) is -0.995. The number of anilines is 1. The number of rotatable bonds is 4. The maximum atomic E-state index is 12.7. The van der Waals surface area contributed by atoms with E-state index in [9.17, 15) is 22.8 Å². The van der Waals surface area contributed by atoms with Gasteiger partial charge in [-0.05, 0) is 6.92 Å². The number of alkyl halides is 3. The molecule has 0 unspecified atom stereocenters. The van der Waals surface area contributed by atoms with E-state index in [1.54, 1.807) is 6.92 Å². The topological polar surface area (TPSA) is 93.8 Å². The molecule has 0 aliphatic rings. The average Bonchev–Trinajstić information content (AvgIpc) is 3.02. The number of aryl methyl sites for hydroxylation is 2. The number of nitrogens with one attached hydrogen (secondary N) is 2. The van der Waals surface area contributed by atoms with Crippen LogP contribution in [-0.4, -0.2) is 38.4 Å². The van der Waals surface area contributed by atoms with Crippen molar-refractivity contribution in [2.45, 2.75) is 19.6 Å². The Labute approximate surface area is 134 Å². The van der Waals surface area contributed by atoms with Gasteiger partial charge >= 0.3 is 6.18 Å². The zero-order chi connectivity index (χ0) is 18.1. The standard InChI is InChI=1S/C13H15F3N6O2/c1-7-4-10(20-22(7)6-11(23)17-2)18-12(24)8-5-9(13(14,15)16)21(3)19-8/h4-5H,6H2,1-3H3,(H,17,23)(H,18,20,24). The van der Waals surface area contributed by atoms with Crippen LogP contribution < -0.4 is 10.6 Å². The average molecular weight is 344 g/mol. The van der Waals surface area contributed by atoms with Crippen LogP contribution in [0.3, 0.4) is 0 Å². The summed E-state index contributed by atoms with van der Waals surface area (Å²) in [6, 6.07) is 2.15. The van der Waals surface area contributed by atoms with Gasteiger partial charge in [-0.1, -0.05) is 0 Å². The molecule has 0 spiro atoms. The van der Waals surface area contributed by atoms with E-state index in [0.29, 0.717) is 16.4 Å². The Bertz CT molecular complexity index is 777. The zero-order valence-electron chi connectivity index (χ0n) is 13.1. The zero-order valence-corrected chi connectivity index (χ0v) is 13.1. The molecule has 2 N–H and O–H groups in total. The summed E-state index contributed by atoms with van der Waals surface area (Å²) in [7, 11) is 2.57. The molecule has 2 aromatic rings. The van der Waals surface area contributed by atoms with E-state index >= 15 is 0 Å². The maximum absolute atomic E-state index is 12.7. The summed E-state index contributed by atoms with van der Waals surface area (Å²) in [6.45, 7) is 1.63. The maximum Gasteiger partial charge on any atom is 0.433 e. The van der Waals surface area contributed by atoms with E-state index in [1.807, 2.05) is 0 Å². The fourth-order valence-corrected chi connectivity index (χ4v) is 1.97. The Kier molecular flexibility index (Phi) is 4.62. The Hall–Kier alpha value is -2.85. The number of nitrogens with zero attached hydrogens (tertiary/aromatic N) is 4. The minimum Gasteiger partial charge on any atom is -0.358 e. The minimum absolute atomic E-state index is 0.0417. The van der Waals surface area contributed by atoms with E-state index < -0.39 is 17.8 Å². The second-order valence-corrected chi connectivity index (χ2v) is 4.99. The van der Waals surface area contributed by atoms with Crippen LogP contribution in [0.2, 0.25) is 0 Å². The molecule has 0 aromatic carbocycles. The number of hydrogen-bond donors (Lipinski definition) is 2. The highest BCUT2D eigenvalue weighted by Gasteiger charge is 2.35. The number of amides is 2. The predicted molar refractivity (Wildman–Crippen MR) is 77.2 cm³/mol. The third kappa shape index (κ3) is 3.73. The summed E-state index contributed by atoms with van der Waals surface area (Å²) in [5.41, 5.74) is -0.816. The normalized spacial score (nSPS) is 11.4. The lowest BCUT2D eigenvalue weighted by atomic mass is 10.3. The van der Waals surface area contributed by atoms with Gasteiger partial charge in [0, 0.05) is 31.9 Å². The predicted octanol–water partition coefficient (Wildman–Crippen LogP) is 0.942. The largest absolute Gasteiger partial charge is 0.433 e. The summed E-state index contributed by atoms with van der Waals surface area (Å²) < 4.78 is 40.1. The van der Waals surface area contributed by atoms with Gasteiger partial charge < -0.3 is 10.6 Å². The Morgan fingerprint density at radius 2 is 1.92 bits per heavy atom. The van der Waals surface area contributed by atoms with E-state index in [2.05, 4.69) is 20.8 Å². The number of hydrogen-bond acceptors (Lipinski definition) is 4. The molecule has 0 bridgehead atoms. The molecule has 2 amide bonds. The summed E-state index contributed by atoms with van der Waals surface area (Å²) in [4.78, 5) is 23.4. The van der Waals surface area contributed by atoms with Gasteiger partial charge in [-0.15, -0.1) is 0 Å². The molecule has 2 heterocycles. The molecule has 24 heavy (non-hydrogen) atoms. The van der Waals surface area contributed by atoms with E-state index in [1.165, 1.54) is 17.8 Å². The van der Waals surface area contributed by atoms with Crippen molar-refractivity contribution in [1.29, 1.82) is 0 Å². The van der Waals surface area contributed by atoms with Gasteiger partial charge in [-0.25, -0.2) is 0 Å². The molecule has 0 fully saturated rings. The quantitative estimate of drug-likeness (QED) is 0.863. The van der Waals surface area contributed by atoms with Crippen molar-refractivity contribution in [1.82, 2.24) is 24.9 Å². The first-order valence-electron chi connectivity index (χ1n) is 6.79. The van der Waals surface area contributed by atoms with Crippen LogP contribution >= 0.6 is 0 Å². The van der Waals surface area contributed by atoms with Crippen molar-refractivity contribution >= 4 is 17.6 Å². The molecule has 11 heteroatoms. The number of halogens is 3. The van der Waals surface area contributed by atoms with Crippen LogP contribution in [0.4, 0.5) is 19.0 Å². The van der Waals surface area contributed by atoms with Gasteiger partial charge in [0.05, 0.1) is 0 Å². The van der Waals surface area contributed by atoms with E-state index in [-0.39, 0.29) is 24.0 Å². The Morgan fingerprint density at radius 1 is 1.25 bits per heavy atom. The van der Waals surface area contributed by atoms with Gasteiger partial charge in [-0.2, -0.15) is 23.4 Å². The summed E-state index contributed by atoms with van der Waals surface area (Å²) in [5, 5.41) is 12.3. The summed E-state index contributed by atoms with van der Waals surface area (Å²) >= 11 is 0. The first kappa shape index (κ1) is 17.5. The molecule has 130 valence electrons. The fourth-order valence-electron chi connectivity index (χ4n) is 1.97. The van der Waals surface area contributed by atoms with Crippen LogP contribution in [0.1, 0.15) is 21.9 Å². The highest BCUT2D eigenvalue weighted by Crippen LogP contribution is 2.29. The van der Waals surface area contributed by atoms with Crippen LogP contribution in [0.25, 0.3) is 0 Å². The molecule has 0 aliphatic heterocycles. The molecule has 0 atom stereocenters. The van der Waals surface area contributed by atoms with Crippen LogP contribution in [0, 0.1) is 6.92 Å². The SMILES string of the molecule is CNC(=O)Cn1nc(NC(=O)c2cc(C(F)(F)F)n(C)n2)cc1C. The van der Waals surface area contributed by atoms with Gasteiger partial charge in [-0.3, -0.25) is 19.0 Å². The smallest absolute Gasteiger partial charge is 0.358 e. The number of aromatic nitrogens is 4. The number of carbonyl (C=O) groups is 2. The molecule has 0 aliphatic carbocycles. The fraction of sp³-hybridized carbons (Fsp3) is 0.385. The van der Waals surface area contributed by atoms with Crippen molar-refractivity contribution in [2.75, 3.05) is 12.4 Å². The molecule has 0 radical (unpaired) electrons. The van der Waals surface area contributed by atoms with Crippen molar-refractivity contribution in [3.8, 4) is 0 Å². The second kappa shape index (κ2) is 6.34. The molecule has 0 saturated heterocycles. The second-order valence-electron chi connectivity index (χ2n) is 4.99. The lowest BCUT2D eigenvalue weighted by molar-refractivity contribution is -0.143.